The summed E-state index contributed by atoms with van der Waals surface area (Å²) in [5.74, 6) is -1.49. The standard InChI is InChI=1S/C17H25N3O6S/c1-12(2)27(25,26)20-9-7-19(8-10-20)15(17(23)24)11-18-16(22)13-3-5-14(21)6-4-13/h3-6,12,15,21H,7-11H2,1-2H3,(H,18,22)(H,23,24)/t15-/m0/s1. The lowest BCUT2D eigenvalue weighted by Crippen LogP contribution is -2.57. The van der Waals surface area contributed by atoms with E-state index in [1.54, 1.807) is 18.7 Å². The van der Waals surface area contributed by atoms with Crippen LogP contribution in [0.2, 0.25) is 0 Å². The highest BCUT2D eigenvalue weighted by Crippen LogP contribution is 2.14. The Morgan fingerprint density at radius 3 is 2.15 bits per heavy atom. The van der Waals surface area contributed by atoms with E-state index in [2.05, 4.69) is 5.32 Å². The molecule has 0 bridgehead atoms. The number of aromatic hydroxyl groups is 1. The molecule has 1 atom stereocenters. The monoisotopic (exact) mass is 399 g/mol. The summed E-state index contributed by atoms with van der Waals surface area (Å²) in [6.07, 6.45) is 0. The number of carboxylic acid groups (broad SMARTS) is 1. The van der Waals surface area contributed by atoms with E-state index in [1.807, 2.05) is 0 Å². The molecule has 1 aliphatic heterocycles. The van der Waals surface area contributed by atoms with Gasteiger partial charge in [-0.05, 0) is 38.1 Å². The number of carbonyl (C=O) groups excluding carboxylic acids is 1. The van der Waals surface area contributed by atoms with Gasteiger partial charge in [-0.3, -0.25) is 14.5 Å². The van der Waals surface area contributed by atoms with E-state index < -0.39 is 33.2 Å². The molecule has 0 radical (unpaired) electrons. The van der Waals surface area contributed by atoms with Gasteiger partial charge < -0.3 is 15.5 Å². The zero-order valence-electron chi connectivity index (χ0n) is 15.3. The molecule has 1 aliphatic rings. The van der Waals surface area contributed by atoms with Gasteiger partial charge in [-0.25, -0.2) is 8.42 Å². The van der Waals surface area contributed by atoms with Crippen molar-refractivity contribution < 1.29 is 28.2 Å². The molecule has 9 nitrogen and oxygen atoms in total. The van der Waals surface area contributed by atoms with Crippen molar-refractivity contribution in [3.63, 3.8) is 0 Å². The van der Waals surface area contributed by atoms with Gasteiger partial charge in [0.2, 0.25) is 10.0 Å². The second-order valence-corrected chi connectivity index (χ2v) is 9.13. The summed E-state index contributed by atoms with van der Waals surface area (Å²) in [4.78, 5) is 25.4. The fraction of sp³-hybridized carbons (Fsp3) is 0.529. The van der Waals surface area contributed by atoms with Crippen LogP contribution in [0.4, 0.5) is 0 Å². The fourth-order valence-corrected chi connectivity index (χ4v) is 4.11. The molecule has 1 saturated heterocycles. The molecule has 1 fully saturated rings. The fourth-order valence-electron chi connectivity index (χ4n) is 2.84. The summed E-state index contributed by atoms with van der Waals surface area (Å²) in [7, 11) is -3.37. The maximum atomic E-state index is 12.2. The second-order valence-electron chi connectivity index (χ2n) is 6.64. The third kappa shape index (κ3) is 5.18. The van der Waals surface area contributed by atoms with E-state index in [-0.39, 0.29) is 38.5 Å². The number of nitrogens with zero attached hydrogens (tertiary/aromatic N) is 2. The minimum Gasteiger partial charge on any atom is -0.508 e. The van der Waals surface area contributed by atoms with Gasteiger partial charge in [-0.15, -0.1) is 0 Å². The minimum atomic E-state index is -3.37. The van der Waals surface area contributed by atoms with Crippen LogP contribution in [-0.4, -0.2) is 83.7 Å². The van der Waals surface area contributed by atoms with Crippen molar-refractivity contribution in [1.29, 1.82) is 0 Å². The van der Waals surface area contributed by atoms with Gasteiger partial charge in [-0.2, -0.15) is 4.31 Å². The van der Waals surface area contributed by atoms with Crippen molar-refractivity contribution in [3.05, 3.63) is 29.8 Å². The molecule has 0 saturated carbocycles. The van der Waals surface area contributed by atoms with Gasteiger partial charge in [-0.1, -0.05) is 0 Å². The summed E-state index contributed by atoms with van der Waals surface area (Å²) >= 11 is 0. The number of carboxylic acids is 1. The Hall–Kier alpha value is -2.17. The van der Waals surface area contributed by atoms with Crippen molar-refractivity contribution in [2.24, 2.45) is 0 Å². The Balaban J connectivity index is 1.95. The average molecular weight is 399 g/mol. The summed E-state index contributed by atoms with van der Waals surface area (Å²) < 4.78 is 25.8. The molecule has 0 unspecified atom stereocenters. The number of hydrogen-bond donors (Lipinski definition) is 3. The summed E-state index contributed by atoms with van der Waals surface area (Å²) in [5.41, 5.74) is 0.310. The predicted octanol–water partition coefficient (Wildman–Crippen LogP) is -0.0690. The van der Waals surface area contributed by atoms with Gasteiger partial charge >= 0.3 is 5.97 Å². The number of piperazine rings is 1. The molecule has 0 aromatic heterocycles. The van der Waals surface area contributed by atoms with Gasteiger partial charge in [0, 0.05) is 38.3 Å². The minimum absolute atomic E-state index is 0.0317. The van der Waals surface area contributed by atoms with Crippen molar-refractivity contribution in [3.8, 4) is 5.75 Å². The molecule has 3 N–H and O–H groups in total. The molecule has 1 heterocycles. The van der Waals surface area contributed by atoms with Crippen LogP contribution in [0.5, 0.6) is 5.75 Å². The normalized spacial score (nSPS) is 17.6. The number of phenolic OH excluding ortho intramolecular Hbond substituents is 1. The first-order valence-electron chi connectivity index (χ1n) is 8.66. The first-order chi connectivity index (χ1) is 12.6. The lowest BCUT2D eigenvalue weighted by molar-refractivity contribution is -0.143. The molecule has 0 aliphatic carbocycles. The van der Waals surface area contributed by atoms with Crippen molar-refractivity contribution in [1.82, 2.24) is 14.5 Å². The van der Waals surface area contributed by atoms with E-state index in [0.29, 0.717) is 5.56 Å². The summed E-state index contributed by atoms with van der Waals surface area (Å²) in [6, 6.07) is 4.68. The zero-order valence-corrected chi connectivity index (χ0v) is 16.1. The third-order valence-corrected chi connectivity index (χ3v) is 6.82. The smallest absolute Gasteiger partial charge is 0.322 e. The Morgan fingerprint density at radius 2 is 1.67 bits per heavy atom. The molecular weight excluding hydrogens is 374 g/mol. The largest absolute Gasteiger partial charge is 0.508 e. The number of carbonyl (C=O) groups is 2. The maximum absolute atomic E-state index is 12.2. The van der Waals surface area contributed by atoms with E-state index in [1.165, 1.54) is 28.6 Å². The highest BCUT2D eigenvalue weighted by Gasteiger charge is 2.34. The summed E-state index contributed by atoms with van der Waals surface area (Å²) in [5, 5.41) is 20.8. The first-order valence-corrected chi connectivity index (χ1v) is 10.2. The lowest BCUT2D eigenvalue weighted by atomic mass is 10.2. The van der Waals surface area contributed by atoms with Crippen molar-refractivity contribution in [2.45, 2.75) is 25.1 Å². The second kappa shape index (κ2) is 8.68. The molecule has 2 rings (SSSR count). The van der Waals surface area contributed by atoms with Crippen LogP contribution >= 0.6 is 0 Å². The number of phenols is 1. The van der Waals surface area contributed by atoms with Crippen LogP contribution in [0.1, 0.15) is 24.2 Å². The Kier molecular flexibility index (Phi) is 6.79. The van der Waals surface area contributed by atoms with Gasteiger partial charge in [0.05, 0.1) is 5.25 Å². The number of sulfonamides is 1. The van der Waals surface area contributed by atoms with Gasteiger partial charge in [0.1, 0.15) is 11.8 Å². The SMILES string of the molecule is CC(C)S(=O)(=O)N1CCN([C@@H](CNC(=O)c2ccc(O)cc2)C(=O)O)CC1. The third-order valence-electron chi connectivity index (χ3n) is 4.54. The highest BCUT2D eigenvalue weighted by molar-refractivity contribution is 7.89. The molecular formula is C17H25N3O6S. The van der Waals surface area contributed by atoms with E-state index in [0.717, 1.165) is 0 Å². The topological polar surface area (TPSA) is 127 Å². The van der Waals surface area contributed by atoms with E-state index >= 15 is 0 Å². The van der Waals surface area contributed by atoms with Gasteiger partial charge in [0.25, 0.3) is 5.91 Å². The molecule has 10 heteroatoms. The van der Waals surface area contributed by atoms with Crippen LogP contribution in [0.25, 0.3) is 0 Å². The van der Waals surface area contributed by atoms with Crippen LogP contribution in [0.3, 0.4) is 0 Å². The van der Waals surface area contributed by atoms with Crippen LogP contribution in [0.15, 0.2) is 24.3 Å². The number of aliphatic carboxylic acids is 1. The predicted molar refractivity (Wildman–Crippen MR) is 99.1 cm³/mol. The molecule has 150 valence electrons. The summed E-state index contributed by atoms with van der Waals surface area (Å²) in [6.45, 7) is 4.11. The number of rotatable bonds is 7. The van der Waals surface area contributed by atoms with Crippen molar-refractivity contribution in [2.75, 3.05) is 32.7 Å². The Bertz CT molecular complexity index is 770. The van der Waals surface area contributed by atoms with Crippen LogP contribution < -0.4 is 5.32 Å². The number of nitrogens with one attached hydrogen (secondary N) is 1. The average Bonchev–Trinajstić information content (AvgIpc) is 2.62. The van der Waals surface area contributed by atoms with E-state index in [9.17, 15) is 28.2 Å². The highest BCUT2D eigenvalue weighted by atomic mass is 32.2. The van der Waals surface area contributed by atoms with Crippen LogP contribution in [-0.2, 0) is 14.8 Å². The number of hydrogen-bond acceptors (Lipinski definition) is 6. The lowest BCUT2D eigenvalue weighted by Gasteiger charge is -2.37. The van der Waals surface area contributed by atoms with Crippen LogP contribution in [0, 0.1) is 0 Å². The zero-order chi connectivity index (χ0) is 20.2. The molecule has 1 aromatic rings. The quantitative estimate of drug-likeness (QED) is 0.586. The Morgan fingerprint density at radius 1 is 1.11 bits per heavy atom. The maximum Gasteiger partial charge on any atom is 0.322 e. The number of amides is 1. The molecule has 1 aromatic carbocycles. The molecule has 27 heavy (non-hydrogen) atoms. The Labute approximate surface area is 158 Å². The van der Waals surface area contributed by atoms with Gasteiger partial charge in [0.15, 0.2) is 0 Å². The number of benzene rings is 1. The molecule has 0 spiro atoms. The van der Waals surface area contributed by atoms with Crippen molar-refractivity contribution >= 4 is 21.9 Å². The molecule has 1 amide bonds. The van der Waals surface area contributed by atoms with E-state index in [4.69, 9.17) is 0 Å². The first kappa shape index (κ1) is 21.1.